The van der Waals surface area contributed by atoms with E-state index in [0.717, 1.165) is 17.8 Å². The van der Waals surface area contributed by atoms with Gasteiger partial charge in [0, 0.05) is 13.0 Å². The smallest absolute Gasteiger partial charge is 0.305 e. The first kappa shape index (κ1) is 14.9. The van der Waals surface area contributed by atoms with E-state index in [9.17, 15) is 9.59 Å². The van der Waals surface area contributed by atoms with Gasteiger partial charge in [-0.25, -0.2) is 4.98 Å². The number of methoxy groups -OCH3 is 1. The molecule has 0 aliphatic heterocycles. The summed E-state index contributed by atoms with van der Waals surface area (Å²) in [4.78, 5) is 27.8. The van der Waals surface area contributed by atoms with Crippen LogP contribution >= 0.6 is 11.3 Å². The average molecular weight is 298 g/mol. The molecule has 1 amide bonds. The maximum absolute atomic E-state index is 12.2. The zero-order valence-electron chi connectivity index (χ0n) is 11.5. The van der Waals surface area contributed by atoms with E-state index in [0.29, 0.717) is 10.8 Å². The Balaban J connectivity index is 2.04. The highest BCUT2D eigenvalue weighted by Gasteiger charge is 2.32. The van der Waals surface area contributed by atoms with Gasteiger partial charge < -0.3 is 15.2 Å². The second kappa shape index (κ2) is 5.88. The Morgan fingerprint density at radius 2 is 2.30 bits per heavy atom. The number of carbonyl (C=O) groups excluding carboxylic acids is 1. The Morgan fingerprint density at radius 1 is 1.60 bits per heavy atom. The van der Waals surface area contributed by atoms with E-state index in [4.69, 9.17) is 9.84 Å². The first-order valence-corrected chi connectivity index (χ1v) is 7.24. The van der Waals surface area contributed by atoms with Crippen LogP contribution in [0, 0.1) is 0 Å². The molecule has 0 saturated heterocycles. The number of aliphatic carboxylic acids is 1. The molecule has 0 aromatic carbocycles. The molecule has 2 N–H and O–H groups in total. The largest absolute Gasteiger partial charge is 0.481 e. The molecular weight excluding hydrogens is 280 g/mol. The molecule has 0 bridgehead atoms. The topological polar surface area (TPSA) is 88.5 Å². The number of aromatic nitrogens is 1. The lowest BCUT2D eigenvalue weighted by atomic mass is 9.99. The highest BCUT2D eigenvalue weighted by atomic mass is 32.1. The van der Waals surface area contributed by atoms with Crippen LogP contribution in [-0.2, 0) is 9.53 Å². The van der Waals surface area contributed by atoms with Crippen molar-refractivity contribution >= 4 is 23.2 Å². The van der Waals surface area contributed by atoms with Crippen LogP contribution in [0.1, 0.15) is 46.8 Å². The first-order chi connectivity index (χ1) is 9.43. The third-order valence-corrected chi connectivity index (χ3v) is 4.25. The van der Waals surface area contributed by atoms with Crippen molar-refractivity contribution in [2.45, 2.75) is 37.6 Å². The van der Waals surface area contributed by atoms with Crippen LogP contribution < -0.4 is 5.32 Å². The van der Waals surface area contributed by atoms with Gasteiger partial charge in [-0.2, -0.15) is 0 Å². The Labute approximate surface area is 121 Å². The van der Waals surface area contributed by atoms with Crippen molar-refractivity contribution in [1.82, 2.24) is 10.3 Å². The standard InChI is InChI=1S/C13H18N2O4S/c1-13(7-19-2,5-10(16)17)15-11(18)9-6-14-12(20-9)8-3-4-8/h6,8H,3-5,7H2,1-2H3,(H,15,18)(H,16,17). The van der Waals surface area contributed by atoms with Crippen molar-refractivity contribution in [2.75, 3.05) is 13.7 Å². The summed E-state index contributed by atoms with van der Waals surface area (Å²) in [5.41, 5.74) is -0.929. The zero-order valence-corrected chi connectivity index (χ0v) is 12.3. The molecule has 1 saturated carbocycles. The number of hydrogen-bond acceptors (Lipinski definition) is 5. The number of carbonyl (C=O) groups is 2. The summed E-state index contributed by atoms with van der Waals surface area (Å²) in [6, 6.07) is 0. The fourth-order valence-corrected chi connectivity index (χ4v) is 3.01. The normalized spacial score (nSPS) is 17.5. The maximum atomic E-state index is 12.2. The molecule has 1 atom stereocenters. The minimum atomic E-state index is -0.979. The van der Waals surface area contributed by atoms with Gasteiger partial charge >= 0.3 is 5.97 Å². The summed E-state index contributed by atoms with van der Waals surface area (Å²) in [5.74, 6) is -0.769. The summed E-state index contributed by atoms with van der Waals surface area (Å²) < 4.78 is 5.01. The van der Waals surface area contributed by atoms with Gasteiger partial charge in [0.25, 0.3) is 5.91 Å². The van der Waals surface area contributed by atoms with E-state index in [1.807, 2.05) is 0 Å². The number of carboxylic acids is 1. The maximum Gasteiger partial charge on any atom is 0.305 e. The van der Waals surface area contributed by atoms with Gasteiger partial charge in [-0.15, -0.1) is 11.3 Å². The molecule has 0 spiro atoms. The molecule has 1 unspecified atom stereocenters. The van der Waals surface area contributed by atoms with Crippen LogP contribution in [0.4, 0.5) is 0 Å². The van der Waals surface area contributed by atoms with Gasteiger partial charge in [-0.1, -0.05) is 0 Å². The summed E-state index contributed by atoms with van der Waals surface area (Å²) >= 11 is 1.38. The lowest BCUT2D eigenvalue weighted by molar-refractivity contribution is -0.139. The summed E-state index contributed by atoms with van der Waals surface area (Å²) in [5, 5.41) is 12.7. The minimum Gasteiger partial charge on any atom is -0.481 e. The summed E-state index contributed by atoms with van der Waals surface area (Å²) in [7, 11) is 1.48. The molecule has 1 aromatic heterocycles. The number of hydrogen-bond donors (Lipinski definition) is 2. The average Bonchev–Trinajstić information content (AvgIpc) is 3.05. The number of nitrogens with zero attached hydrogens (tertiary/aromatic N) is 1. The van der Waals surface area contributed by atoms with E-state index in [2.05, 4.69) is 10.3 Å². The molecule has 6 nitrogen and oxygen atoms in total. The molecule has 1 aliphatic rings. The second-order valence-corrected chi connectivity index (χ2v) is 6.42. The summed E-state index contributed by atoms with van der Waals surface area (Å²) in [6.45, 7) is 1.80. The zero-order chi connectivity index (χ0) is 14.8. The fraction of sp³-hybridized carbons (Fsp3) is 0.615. The van der Waals surface area contributed by atoms with Crippen LogP contribution in [-0.4, -0.2) is 41.2 Å². The van der Waals surface area contributed by atoms with Crippen LogP contribution in [0.15, 0.2) is 6.20 Å². The monoisotopic (exact) mass is 298 g/mol. The van der Waals surface area contributed by atoms with E-state index in [1.54, 1.807) is 13.1 Å². The van der Waals surface area contributed by atoms with Crippen molar-refractivity contribution in [3.05, 3.63) is 16.1 Å². The Hall–Kier alpha value is -1.47. The minimum absolute atomic E-state index is 0.138. The van der Waals surface area contributed by atoms with Crippen molar-refractivity contribution in [1.29, 1.82) is 0 Å². The summed E-state index contributed by atoms with van der Waals surface area (Å²) in [6.07, 6.45) is 3.63. The van der Waals surface area contributed by atoms with Crippen molar-refractivity contribution in [3.8, 4) is 0 Å². The second-order valence-electron chi connectivity index (χ2n) is 5.36. The number of carboxylic acid groups (broad SMARTS) is 1. The highest BCUT2D eigenvalue weighted by molar-refractivity contribution is 7.13. The molecule has 2 rings (SSSR count). The molecule has 7 heteroatoms. The molecular formula is C13H18N2O4S. The highest BCUT2D eigenvalue weighted by Crippen LogP contribution is 2.41. The third-order valence-electron chi connectivity index (χ3n) is 3.09. The van der Waals surface area contributed by atoms with Gasteiger partial charge in [0.15, 0.2) is 0 Å². The predicted molar refractivity (Wildman–Crippen MR) is 74.1 cm³/mol. The van der Waals surface area contributed by atoms with Gasteiger partial charge in [0.05, 0.1) is 29.8 Å². The molecule has 20 heavy (non-hydrogen) atoms. The van der Waals surface area contributed by atoms with E-state index in [1.165, 1.54) is 18.4 Å². The fourth-order valence-electron chi connectivity index (χ4n) is 2.03. The van der Waals surface area contributed by atoms with Gasteiger partial charge in [0.1, 0.15) is 4.88 Å². The SMILES string of the molecule is COCC(C)(CC(=O)O)NC(=O)c1cnc(C2CC2)s1. The lowest BCUT2D eigenvalue weighted by Crippen LogP contribution is -2.50. The van der Waals surface area contributed by atoms with Gasteiger partial charge in [-0.3, -0.25) is 9.59 Å². The lowest BCUT2D eigenvalue weighted by Gasteiger charge is -2.28. The van der Waals surface area contributed by atoms with Crippen molar-refractivity contribution < 1.29 is 19.4 Å². The number of amides is 1. The number of ether oxygens (including phenoxy) is 1. The van der Waals surface area contributed by atoms with E-state index < -0.39 is 11.5 Å². The Bertz CT molecular complexity index is 512. The number of nitrogens with one attached hydrogen (secondary N) is 1. The molecule has 1 aromatic rings. The van der Waals surface area contributed by atoms with Crippen LogP contribution in [0.3, 0.4) is 0 Å². The van der Waals surface area contributed by atoms with Crippen LogP contribution in [0.25, 0.3) is 0 Å². The van der Waals surface area contributed by atoms with E-state index in [-0.39, 0.29) is 18.9 Å². The molecule has 110 valence electrons. The number of thiazole rings is 1. The van der Waals surface area contributed by atoms with Crippen LogP contribution in [0.2, 0.25) is 0 Å². The van der Waals surface area contributed by atoms with Crippen molar-refractivity contribution in [2.24, 2.45) is 0 Å². The quantitative estimate of drug-likeness (QED) is 0.798. The Morgan fingerprint density at radius 3 is 2.85 bits per heavy atom. The molecule has 1 fully saturated rings. The van der Waals surface area contributed by atoms with Crippen LogP contribution in [0.5, 0.6) is 0 Å². The number of rotatable bonds is 7. The predicted octanol–water partition coefficient (Wildman–Crippen LogP) is 1.63. The Kier molecular flexibility index (Phi) is 4.39. The molecule has 0 radical (unpaired) electrons. The van der Waals surface area contributed by atoms with Gasteiger partial charge in [0.2, 0.25) is 0 Å². The van der Waals surface area contributed by atoms with Gasteiger partial charge in [-0.05, 0) is 19.8 Å². The molecule has 1 aliphatic carbocycles. The van der Waals surface area contributed by atoms with Crippen molar-refractivity contribution in [3.63, 3.8) is 0 Å². The first-order valence-electron chi connectivity index (χ1n) is 6.42. The third kappa shape index (κ3) is 3.77. The van der Waals surface area contributed by atoms with E-state index >= 15 is 0 Å². The molecule has 1 heterocycles.